The van der Waals surface area contributed by atoms with Gasteiger partial charge in [0.05, 0.1) is 4.90 Å². The molecule has 0 heterocycles. The molecule has 20 heavy (non-hydrogen) atoms. The number of rotatable bonds is 4. The van der Waals surface area contributed by atoms with Crippen LogP contribution >= 0.6 is 0 Å². The molecule has 1 aromatic carbocycles. The average molecular weight is 299 g/mol. The Balaban J connectivity index is 3.46. The lowest BCUT2D eigenvalue weighted by atomic mass is 10.1. The van der Waals surface area contributed by atoms with Crippen LogP contribution in [-0.2, 0) is 14.8 Å². The third-order valence-electron chi connectivity index (χ3n) is 3.23. The molecule has 0 aliphatic rings. The summed E-state index contributed by atoms with van der Waals surface area (Å²) in [6.45, 7) is 7.96. The van der Waals surface area contributed by atoms with Crippen molar-refractivity contribution in [1.82, 2.24) is 4.72 Å². The topological polar surface area (TPSA) is 115 Å². The molecule has 0 saturated carbocycles. The standard InChI is InChI=1S/C13H21N3O3S/c1-7-6-8(2)11(9(3)10(7)14)20(18,19)16-13(4,5)12(15)17/h6,16H,14H2,1-5H3,(H2,15,17). The van der Waals surface area contributed by atoms with Crippen LogP contribution in [0.2, 0.25) is 0 Å². The third kappa shape index (κ3) is 2.94. The van der Waals surface area contributed by atoms with E-state index in [9.17, 15) is 13.2 Å². The van der Waals surface area contributed by atoms with E-state index in [1.807, 2.05) is 6.92 Å². The number of carbonyl (C=O) groups is 1. The van der Waals surface area contributed by atoms with E-state index in [2.05, 4.69) is 4.72 Å². The lowest BCUT2D eigenvalue weighted by Crippen LogP contribution is -2.53. The van der Waals surface area contributed by atoms with E-state index in [1.54, 1.807) is 19.9 Å². The molecule has 112 valence electrons. The number of nitrogens with one attached hydrogen (secondary N) is 1. The molecule has 5 N–H and O–H groups in total. The number of amides is 1. The van der Waals surface area contributed by atoms with Gasteiger partial charge in [0.15, 0.2) is 0 Å². The molecule has 0 atom stereocenters. The largest absolute Gasteiger partial charge is 0.398 e. The first-order valence-electron chi connectivity index (χ1n) is 6.10. The van der Waals surface area contributed by atoms with Crippen molar-refractivity contribution in [1.29, 1.82) is 0 Å². The predicted octanol–water partition coefficient (Wildman–Crippen LogP) is 0.736. The first-order chi connectivity index (χ1) is 8.90. The van der Waals surface area contributed by atoms with E-state index in [1.165, 1.54) is 13.8 Å². The fraction of sp³-hybridized carbons (Fsp3) is 0.462. The van der Waals surface area contributed by atoms with E-state index in [4.69, 9.17) is 11.5 Å². The maximum Gasteiger partial charge on any atom is 0.242 e. The summed E-state index contributed by atoms with van der Waals surface area (Å²) in [5.41, 5.74) is 12.0. The zero-order valence-electron chi connectivity index (χ0n) is 12.4. The van der Waals surface area contributed by atoms with Gasteiger partial charge in [0.25, 0.3) is 0 Å². The first-order valence-corrected chi connectivity index (χ1v) is 7.58. The van der Waals surface area contributed by atoms with Crippen molar-refractivity contribution in [2.24, 2.45) is 5.73 Å². The minimum Gasteiger partial charge on any atom is -0.398 e. The van der Waals surface area contributed by atoms with Crippen molar-refractivity contribution in [3.8, 4) is 0 Å². The highest BCUT2D eigenvalue weighted by molar-refractivity contribution is 7.89. The Morgan fingerprint density at radius 1 is 1.20 bits per heavy atom. The van der Waals surface area contributed by atoms with Crippen molar-refractivity contribution >= 4 is 21.6 Å². The number of hydrogen-bond donors (Lipinski definition) is 3. The maximum absolute atomic E-state index is 12.5. The Labute approximate surface area is 119 Å². The normalized spacial score (nSPS) is 12.4. The summed E-state index contributed by atoms with van der Waals surface area (Å²) in [6.07, 6.45) is 0. The number of hydrogen-bond acceptors (Lipinski definition) is 4. The molecule has 0 unspecified atom stereocenters. The summed E-state index contributed by atoms with van der Waals surface area (Å²) < 4.78 is 27.3. The van der Waals surface area contributed by atoms with Gasteiger partial charge in [-0.1, -0.05) is 6.07 Å². The number of sulfonamides is 1. The highest BCUT2D eigenvalue weighted by Crippen LogP contribution is 2.28. The summed E-state index contributed by atoms with van der Waals surface area (Å²) in [5, 5.41) is 0. The van der Waals surface area contributed by atoms with Crippen molar-refractivity contribution in [3.63, 3.8) is 0 Å². The van der Waals surface area contributed by atoms with Gasteiger partial charge in [-0.25, -0.2) is 8.42 Å². The second kappa shape index (κ2) is 5.06. The molecule has 0 aliphatic carbocycles. The fourth-order valence-electron chi connectivity index (χ4n) is 2.03. The second-order valence-corrected chi connectivity index (χ2v) is 7.09. The van der Waals surface area contributed by atoms with Gasteiger partial charge in [-0.05, 0) is 51.3 Å². The van der Waals surface area contributed by atoms with Crippen molar-refractivity contribution < 1.29 is 13.2 Å². The van der Waals surface area contributed by atoms with E-state index < -0.39 is 21.5 Å². The maximum atomic E-state index is 12.5. The molecule has 0 aromatic heterocycles. The lowest BCUT2D eigenvalue weighted by Gasteiger charge is -2.24. The zero-order chi connectivity index (χ0) is 15.9. The van der Waals surface area contributed by atoms with Gasteiger partial charge < -0.3 is 11.5 Å². The second-order valence-electron chi connectivity index (χ2n) is 5.47. The minimum atomic E-state index is -3.89. The van der Waals surface area contributed by atoms with Crippen LogP contribution in [0.4, 0.5) is 5.69 Å². The van der Waals surface area contributed by atoms with E-state index in [-0.39, 0.29) is 4.90 Å². The Kier molecular flexibility index (Phi) is 4.17. The molecule has 1 amide bonds. The quantitative estimate of drug-likeness (QED) is 0.711. The van der Waals surface area contributed by atoms with Gasteiger partial charge in [0, 0.05) is 5.69 Å². The molecule has 0 spiro atoms. The molecule has 0 bridgehead atoms. The van der Waals surface area contributed by atoms with Crippen LogP contribution in [0.15, 0.2) is 11.0 Å². The van der Waals surface area contributed by atoms with Crippen LogP contribution < -0.4 is 16.2 Å². The third-order valence-corrected chi connectivity index (χ3v) is 5.18. The smallest absolute Gasteiger partial charge is 0.242 e. The highest BCUT2D eigenvalue weighted by atomic mass is 32.2. The molecule has 6 nitrogen and oxygen atoms in total. The number of aryl methyl sites for hydroxylation is 2. The van der Waals surface area contributed by atoms with Crippen LogP contribution in [0.1, 0.15) is 30.5 Å². The SMILES string of the molecule is Cc1cc(C)c(S(=O)(=O)NC(C)(C)C(N)=O)c(C)c1N. The molecule has 1 aromatic rings. The average Bonchev–Trinajstić information content (AvgIpc) is 2.23. The van der Waals surface area contributed by atoms with Gasteiger partial charge in [-0.3, -0.25) is 4.79 Å². The Hall–Kier alpha value is -1.60. The highest BCUT2D eigenvalue weighted by Gasteiger charge is 2.33. The van der Waals surface area contributed by atoms with Crippen molar-refractivity contribution in [3.05, 3.63) is 22.8 Å². The van der Waals surface area contributed by atoms with Crippen LogP contribution in [0.25, 0.3) is 0 Å². The summed E-state index contributed by atoms with van der Waals surface area (Å²) >= 11 is 0. The monoisotopic (exact) mass is 299 g/mol. The van der Waals surface area contributed by atoms with Crippen LogP contribution in [-0.4, -0.2) is 19.9 Å². The predicted molar refractivity (Wildman–Crippen MR) is 78.7 cm³/mol. The van der Waals surface area contributed by atoms with Gasteiger partial charge in [0.2, 0.25) is 15.9 Å². The Morgan fingerprint density at radius 3 is 2.15 bits per heavy atom. The van der Waals surface area contributed by atoms with Crippen molar-refractivity contribution in [2.75, 3.05) is 5.73 Å². The molecule has 1 rings (SSSR count). The van der Waals surface area contributed by atoms with Gasteiger partial charge in [0.1, 0.15) is 5.54 Å². The Morgan fingerprint density at radius 2 is 1.70 bits per heavy atom. The van der Waals surface area contributed by atoms with E-state index in [0.717, 1.165) is 5.56 Å². The van der Waals surface area contributed by atoms with Crippen LogP contribution in [0.3, 0.4) is 0 Å². The molecular formula is C13H21N3O3S. The fourth-order valence-corrected chi connectivity index (χ4v) is 3.90. The molecular weight excluding hydrogens is 278 g/mol. The number of nitrogen functional groups attached to an aromatic ring is 1. The number of benzene rings is 1. The first kappa shape index (κ1) is 16.5. The Bertz CT molecular complexity index is 664. The number of anilines is 1. The summed E-state index contributed by atoms with van der Waals surface area (Å²) in [7, 11) is -3.89. The van der Waals surface area contributed by atoms with Gasteiger partial charge in [-0.2, -0.15) is 4.72 Å². The van der Waals surface area contributed by atoms with Crippen LogP contribution in [0.5, 0.6) is 0 Å². The lowest BCUT2D eigenvalue weighted by molar-refractivity contribution is -0.122. The molecule has 7 heteroatoms. The van der Waals surface area contributed by atoms with Crippen LogP contribution in [0, 0.1) is 20.8 Å². The minimum absolute atomic E-state index is 0.0925. The van der Waals surface area contributed by atoms with Gasteiger partial charge in [-0.15, -0.1) is 0 Å². The van der Waals surface area contributed by atoms with Crippen molar-refractivity contribution in [2.45, 2.75) is 45.1 Å². The number of nitrogens with two attached hydrogens (primary N) is 2. The van der Waals surface area contributed by atoms with E-state index >= 15 is 0 Å². The molecule has 0 fully saturated rings. The number of primary amides is 1. The molecule has 0 saturated heterocycles. The number of carbonyl (C=O) groups excluding carboxylic acids is 1. The van der Waals surface area contributed by atoms with E-state index in [0.29, 0.717) is 16.8 Å². The summed E-state index contributed by atoms with van der Waals surface area (Å²) in [4.78, 5) is 11.4. The van der Waals surface area contributed by atoms with Gasteiger partial charge >= 0.3 is 0 Å². The zero-order valence-corrected chi connectivity index (χ0v) is 13.2. The molecule has 0 aliphatic heterocycles. The summed E-state index contributed by atoms with van der Waals surface area (Å²) in [5.74, 6) is -0.753. The summed E-state index contributed by atoms with van der Waals surface area (Å²) in [6, 6.07) is 1.70. The molecule has 0 radical (unpaired) electrons.